The summed E-state index contributed by atoms with van der Waals surface area (Å²) < 4.78 is 5.61. The zero-order valence-corrected chi connectivity index (χ0v) is 10.5. The molecule has 2 nitrogen and oxygen atoms in total. The fraction of sp³-hybridized carbons (Fsp3) is 0.643. The highest BCUT2D eigenvalue weighted by atomic mass is 16.6. The van der Waals surface area contributed by atoms with Crippen LogP contribution in [0.1, 0.15) is 34.1 Å². The van der Waals surface area contributed by atoms with E-state index in [-0.39, 0.29) is 22.7 Å². The topological polar surface area (TPSA) is 29.6 Å². The number of ether oxygens (including phenoxy) is 1. The predicted octanol–water partition coefficient (Wildman–Crippen LogP) is 2.89. The van der Waals surface area contributed by atoms with Crippen LogP contribution in [-0.2, 0) is 9.53 Å². The van der Waals surface area contributed by atoms with Crippen LogP contribution in [0.15, 0.2) is 24.3 Å². The third-order valence-electron chi connectivity index (χ3n) is 4.36. The van der Waals surface area contributed by atoms with Crippen molar-refractivity contribution in [2.24, 2.45) is 10.8 Å². The Kier molecular flexibility index (Phi) is 2.39. The minimum atomic E-state index is -0.143. The molecule has 3 atom stereocenters. The minimum absolute atomic E-state index is 0.0867. The molecule has 1 heterocycles. The lowest BCUT2D eigenvalue weighted by atomic mass is 9.56. The highest BCUT2D eigenvalue weighted by Gasteiger charge is 2.58. The molecular weight excluding hydrogens is 200 g/mol. The van der Waals surface area contributed by atoms with Crippen LogP contribution in [0.25, 0.3) is 0 Å². The number of epoxide rings is 1. The molecule has 88 valence electrons. The monoisotopic (exact) mass is 220 g/mol. The number of carbonyl (C=O) groups excluding carboxylic acids is 1. The standard InChI is InChI=1S/C14H20O2/c1-9(15)6-7-14(5)10(2)12-11(16-12)8-13(14,3)4/h6-7,11-12H,2,8H2,1,3-5H3/b7-6+/t11-,12+,14-/m1/s1. The van der Waals surface area contributed by atoms with E-state index >= 15 is 0 Å². The summed E-state index contributed by atoms with van der Waals surface area (Å²) in [7, 11) is 0. The van der Waals surface area contributed by atoms with E-state index in [4.69, 9.17) is 4.74 Å². The first-order valence-corrected chi connectivity index (χ1v) is 5.82. The molecule has 2 aliphatic rings. The quantitative estimate of drug-likeness (QED) is 0.407. The van der Waals surface area contributed by atoms with Gasteiger partial charge in [-0.1, -0.05) is 33.4 Å². The zero-order chi connectivity index (χ0) is 12.1. The van der Waals surface area contributed by atoms with Crippen LogP contribution < -0.4 is 0 Å². The molecule has 2 fully saturated rings. The summed E-state index contributed by atoms with van der Waals surface area (Å²) in [6.45, 7) is 12.4. The maximum Gasteiger partial charge on any atom is 0.152 e. The Labute approximate surface area is 97.4 Å². The van der Waals surface area contributed by atoms with Crippen molar-refractivity contribution in [3.8, 4) is 0 Å². The van der Waals surface area contributed by atoms with Gasteiger partial charge in [0.05, 0.1) is 6.10 Å². The second-order valence-corrected chi connectivity index (χ2v) is 5.85. The molecule has 0 aromatic carbocycles. The van der Waals surface area contributed by atoms with Crippen LogP contribution >= 0.6 is 0 Å². The first-order valence-electron chi connectivity index (χ1n) is 5.82. The molecule has 1 aliphatic heterocycles. The third-order valence-corrected chi connectivity index (χ3v) is 4.36. The summed E-state index contributed by atoms with van der Waals surface area (Å²) in [6.07, 6.45) is 5.29. The minimum Gasteiger partial charge on any atom is -0.365 e. The number of carbonyl (C=O) groups is 1. The van der Waals surface area contributed by atoms with Gasteiger partial charge in [0.1, 0.15) is 6.10 Å². The molecule has 0 unspecified atom stereocenters. The van der Waals surface area contributed by atoms with E-state index in [1.54, 1.807) is 13.0 Å². The second kappa shape index (κ2) is 3.30. The molecule has 1 saturated carbocycles. The van der Waals surface area contributed by atoms with Crippen LogP contribution in [0.5, 0.6) is 0 Å². The van der Waals surface area contributed by atoms with Crippen molar-refractivity contribution in [3.05, 3.63) is 24.3 Å². The van der Waals surface area contributed by atoms with Gasteiger partial charge in [-0.2, -0.15) is 0 Å². The van der Waals surface area contributed by atoms with Crippen molar-refractivity contribution >= 4 is 5.78 Å². The second-order valence-electron chi connectivity index (χ2n) is 5.85. The summed E-state index contributed by atoms with van der Waals surface area (Å²) in [5, 5.41) is 0. The van der Waals surface area contributed by atoms with E-state index < -0.39 is 0 Å². The molecular formula is C14H20O2. The van der Waals surface area contributed by atoms with E-state index in [0.717, 1.165) is 12.0 Å². The van der Waals surface area contributed by atoms with Crippen molar-refractivity contribution < 1.29 is 9.53 Å². The van der Waals surface area contributed by atoms with Crippen LogP contribution in [0.2, 0.25) is 0 Å². The molecule has 0 aromatic rings. The van der Waals surface area contributed by atoms with Crippen LogP contribution in [0.4, 0.5) is 0 Å². The van der Waals surface area contributed by atoms with Gasteiger partial charge in [-0.25, -0.2) is 0 Å². The van der Waals surface area contributed by atoms with Crippen LogP contribution in [0, 0.1) is 10.8 Å². The van der Waals surface area contributed by atoms with Gasteiger partial charge in [-0.3, -0.25) is 4.79 Å². The van der Waals surface area contributed by atoms with Gasteiger partial charge in [0.15, 0.2) is 5.78 Å². The highest BCUT2D eigenvalue weighted by Crippen LogP contribution is 2.59. The Balaban J connectivity index is 2.34. The lowest BCUT2D eigenvalue weighted by Crippen LogP contribution is -2.41. The summed E-state index contributed by atoms with van der Waals surface area (Å²) in [5.41, 5.74) is 1.07. The van der Waals surface area contributed by atoms with Gasteiger partial charge in [-0.15, -0.1) is 0 Å². The summed E-state index contributed by atoms with van der Waals surface area (Å²) in [5.74, 6) is 0.0867. The van der Waals surface area contributed by atoms with Gasteiger partial charge in [0, 0.05) is 5.41 Å². The molecule has 0 radical (unpaired) electrons. The smallest absolute Gasteiger partial charge is 0.152 e. The molecule has 0 spiro atoms. The largest absolute Gasteiger partial charge is 0.365 e. The first kappa shape index (κ1) is 11.6. The lowest BCUT2D eigenvalue weighted by Gasteiger charge is -2.46. The Morgan fingerprint density at radius 2 is 2.12 bits per heavy atom. The number of ketones is 1. The van der Waals surface area contributed by atoms with Crippen molar-refractivity contribution in [2.45, 2.75) is 46.3 Å². The molecule has 0 aromatic heterocycles. The SMILES string of the molecule is C=C1[C@@H]2O[C@@H]2CC(C)(C)[C@]1(C)/C=C/C(C)=O. The van der Waals surface area contributed by atoms with Crippen molar-refractivity contribution in [1.82, 2.24) is 0 Å². The average Bonchev–Trinajstić information content (AvgIpc) is 2.89. The zero-order valence-electron chi connectivity index (χ0n) is 10.5. The Hall–Kier alpha value is -0.890. The summed E-state index contributed by atoms with van der Waals surface area (Å²) >= 11 is 0. The average molecular weight is 220 g/mol. The van der Waals surface area contributed by atoms with Crippen molar-refractivity contribution in [3.63, 3.8) is 0 Å². The van der Waals surface area contributed by atoms with Gasteiger partial charge < -0.3 is 4.74 Å². The lowest BCUT2D eigenvalue weighted by molar-refractivity contribution is -0.112. The predicted molar refractivity (Wildman–Crippen MR) is 64.1 cm³/mol. The Morgan fingerprint density at radius 1 is 1.50 bits per heavy atom. The molecule has 1 aliphatic carbocycles. The number of allylic oxidation sites excluding steroid dienone is 2. The molecule has 16 heavy (non-hydrogen) atoms. The van der Waals surface area contributed by atoms with Gasteiger partial charge in [0.2, 0.25) is 0 Å². The third kappa shape index (κ3) is 1.56. The Bertz CT molecular complexity index is 378. The highest BCUT2D eigenvalue weighted by molar-refractivity contribution is 5.87. The number of hydrogen-bond acceptors (Lipinski definition) is 2. The van der Waals surface area contributed by atoms with E-state index in [1.165, 1.54) is 0 Å². The normalized spacial score (nSPS) is 40.9. The van der Waals surface area contributed by atoms with Gasteiger partial charge in [-0.05, 0) is 30.4 Å². The fourth-order valence-electron chi connectivity index (χ4n) is 2.67. The number of hydrogen-bond donors (Lipinski definition) is 0. The number of fused-ring (bicyclic) bond motifs is 1. The fourth-order valence-corrected chi connectivity index (χ4v) is 2.67. The van der Waals surface area contributed by atoms with Crippen LogP contribution in [-0.4, -0.2) is 18.0 Å². The Morgan fingerprint density at radius 3 is 2.69 bits per heavy atom. The molecule has 0 N–H and O–H groups in total. The maximum atomic E-state index is 11.1. The molecule has 0 amide bonds. The van der Waals surface area contributed by atoms with Gasteiger partial charge >= 0.3 is 0 Å². The molecule has 2 heteroatoms. The first-order chi connectivity index (χ1) is 7.28. The van der Waals surface area contributed by atoms with Crippen molar-refractivity contribution in [1.29, 1.82) is 0 Å². The number of rotatable bonds is 2. The van der Waals surface area contributed by atoms with E-state index in [2.05, 4.69) is 27.4 Å². The summed E-state index contributed by atoms with van der Waals surface area (Å²) in [6, 6.07) is 0. The van der Waals surface area contributed by atoms with Crippen LogP contribution in [0.3, 0.4) is 0 Å². The molecule has 1 saturated heterocycles. The van der Waals surface area contributed by atoms with E-state index in [1.807, 2.05) is 6.08 Å². The van der Waals surface area contributed by atoms with E-state index in [9.17, 15) is 4.79 Å². The van der Waals surface area contributed by atoms with Gasteiger partial charge in [0.25, 0.3) is 0 Å². The summed E-state index contributed by atoms with van der Waals surface area (Å²) in [4.78, 5) is 11.1. The van der Waals surface area contributed by atoms with E-state index in [0.29, 0.717) is 6.10 Å². The molecule has 0 bridgehead atoms. The molecule has 2 rings (SSSR count). The van der Waals surface area contributed by atoms with Crippen molar-refractivity contribution in [2.75, 3.05) is 0 Å². The maximum absolute atomic E-state index is 11.1.